The zero-order chi connectivity index (χ0) is 17.2. The highest BCUT2D eigenvalue weighted by atomic mass is 16.5. The summed E-state index contributed by atoms with van der Waals surface area (Å²) in [5.41, 5.74) is 1.66. The van der Waals surface area contributed by atoms with Crippen LogP contribution in [0.25, 0.3) is 0 Å². The number of carbonyl (C=O) groups excluding carboxylic acids is 1. The smallest absolute Gasteiger partial charge is 0.255 e. The summed E-state index contributed by atoms with van der Waals surface area (Å²) < 4.78 is 11.5. The Balaban J connectivity index is 1.42. The third-order valence-corrected chi connectivity index (χ3v) is 4.98. The minimum absolute atomic E-state index is 0.0467. The Labute approximate surface area is 147 Å². The lowest BCUT2D eigenvalue weighted by molar-refractivity contribution is 0.0482. The van der Waals surface area contributed by atoms with Gasteiger partial charge in [0.25, 0.3) is 5.91 Å². The molecule has 4 rings (SSSR count). The first kappa shape index (κ1) is 16.3. The molecule has 2 saturated heterocycles. The van der Waals surface area contributed by atoms with E-state index in [1.165, 1.54) is 0 Å². The molecule has 2 aliphatic heterocycles. The maximum atomic E-state index is 12.8. The molecular formula is C19H23N3O3. The lowest BCUT2D eigenvalue weighted by atomic mass is 10.1. The summed E-state index contributed by atoms with van der Waals surface area (Å²) in [4.78, 5) is 21.2. The third kappa shape index (κ3) is 3.60. The quantitative estimate of drug-likeness (QED) is 0.854. The zero-order valence-corrected chi connectivity index (χ0v) is 14.4. The van der Waals surface area contributed by atoms with Crippen molar-refractivity contribution in [1.82, 2.24) is 14.8 Å². The maximum Gasteiger partial charge on any atom is 0.255 e. The summed E-state index contributed by atoms with van der Waals surface area (Å²) in [7, 11) is 0. The topological polar surface area (TPSA) is 58.8 Å². The van der Waals surface area contributed by atoms with Gasteiger partial charge in [-0.15, -0.1) is 0 Å². The largest absolute Gasteiger partial charge is 0.468 e. The average molecular weight is 341 g/mol. The molecule has 0 bridgehead atoms. The summed E-state index contributed by atoms with van der Waals surface area (Å²) in [6.07, 6.45) is 5.23. The number of hydrogen-bond acceptors (Lipinski definition) is 5. The van der Waals surface area contributed by atoms with Crippen molar-refractivity contribution in [1.29, 1.82) is 0 Å². The van der Waals surface area contributed by atoms with E-state index in [0.29, 0.717) is 24.6 Å². The highest BCUT2D eigenvalue weighted by Crippen LogP contribution is 2.26. The molecule has 0 spiro atoms. The molecule has 25 heavy (non-hydrogen) atoms. The number of hydrogen-bond donors (Lipinski definition) is 0. The summed E-state index contributed by atoms with van der Waals surface area (Å²) >= 11 is 0. The Hall–Kier alpha value is -2.18. The number of nitrogens with zero attached hydrogens (tertiary/aromatic N) is 3. The van der Waals surface area contributed by atoms with Crippen LogP contribution in [0.5, 0.6) is 0 Å². The molecule has 1 amide bonds. The molecule has 0 aliphatic carbocycles. The summed E-state index contributed by atoms with van der Waals surface area (Å²) in [5.74, 6) is 1.35. The Morgan fingerprint density at radius 3 is 3.04 bits per heavy atom. The second-order valence-electron chi connectivity index (χ2n) is 6.94. The van der Waals surface area contributed by atoms with Crippen LogP contribution < -0.4 is 0 Å². The van der Waals surface area contributed by atoms with E-state index in [9.17, 15) is 4.79 Å². The standard InChI is InChI=1S/C19H23N3O3/c1-14-7-15(9-20-8-14)19(23)22-11-16-10-21(4-6-25-18(16)13-22)12-17-3-2-5-24-17/h2-3,5,7-9,16,18H,4,6,10-13H2,1H3/t16-,18+/m1/s1. The molecule has 2 aromatic heterocycles. The molecule has 2 aromatic rings. The fourth-order valence-electron chi connectivity index (χ4n) is 3.75. The lowest BCUT2D eigenvalue weighted by Gasteiger charge is -2.22. The number of aryl methyl sites for hydroxylation is 1. The van der Waals surface area contributed by atoms with Crippen LogP contribution in [-0.4, -0.2) is 59.6 Å². The Morgan fingerprint density at radius 1 is 1.32 bits per heavy atom. The highest BCUT2D eigenvalue weighted by Gasteiger charge is 2.38. The van der Waals surface area contributed by atoms with Gasteiger partial charge in [-0.1, -0.05) is 0 Å². The third-order valence-electron chi connectivity index (χ3n) is 4.98. The van der Waals surface area contributed by atoms with Crippen LogP contribution in [0, 0.1) is 12.8 Å². The van der Waals surface area contributed by atoms with E-state index < -0.39 is 0 Å². The van der Waals surface area contributed by atoms with Gasteiger partial charge in [-0.3, -0.25) is 14.7 Å². The number of rotatable bonds is 3. The molecule has 2 fully saturated rings. The summed E-state index contributed by atoms with van der Waals surface area (Å²) in [6, 6.07) is 5.81. The first-order valence-electron chi connectivity index (χ1n) is 8.76. The Bertz CT molecular complexity index is 731. The highest BCUT2D eigenvalue weighted by molar-refractivity contribution is 5.94. The van der Waals surface area contributed by atoms with E-state index in [4.69, 9.17) is 9.15 Å². The van der Waals surface area contributed by atoms with Gasteiger partial charge in [0, 0.05) is 44.5 Å². The monoisotopic (exact) mass is 341 g/mol. The van der Waals surface area contributed by atoms with Crippen molar-refractivity contribution < 1.29 is 13.9 Å². The first-order chi connectivity index (χ1) is 12.2. The number of fused-ring (bicyclic) bond motifs is 1. The van der Waals surface area contributed by atoms with Crippen LogP contribution in [0.2, 0.25) is 0 Å². The molecule has 0 aromatic carbocycles. The van der Waals surface area contributed by atoms with E-state index in [1.807, 2.05) is 30.0 Å². The minimum Gasteiger partial charge on any atom is -0.468 e. The van der Waals surface area contributed by atoms with Gasteiger partial charge in [-0.25, -0.2) is 0 Å². The van der Waals surface area contributed by atoms with E-state index in [-0.39, 0.29) is 12.0 Å². The number of pyridine rings is 1. The molecule has 0 N–H and O–H groups in total. The van der Waals surface area contributed by atoms with Gasteiger partial charge in [-0.05, 0) is 30.7 Å². The lowest BCUT2D eigenvalue weighted by Crippen LogP contribution is -2.33. The molecular weight excluding hydrogens is 318 g/mol. The first-order valence-corrected chi connectivity index (χ1v) is 8.76. The molecule has 0 radical (unpaired) electrons. The summed E-state index contributed by atoms with van der Waals surface area (Å²) in [6.45, 7) is 6.63. The van der Waals surface area contributed by atoms with Gasteiger partial charge < -0.3 is 14.1 Å². The van der Waals surface area contributed by atoms with Crippen LogP contribution in [0.1, 0.15) is 21.7 Å². The average Bonchev–Trinajstić information content (AvgIpc) is 3.21. The SMILES string of the molecule is Cc1cncc(C(=O)N2C[C@H]3CN(Cc4ccco4)CCO[C@H]3C2)c1. The zero-order valence-electron chi connectivity index (χ0n) is 14.4. The van der Waals surface area contributed by atoms with Gasteiger partial charge in [-0.2, -0.15) is 0 Å². The van der Waals surface area contributed by atoms with Crippen molar-refractivity contribution in [2.75, 3.05) is 32.8 Å². The Morgan fingerprint density at radius 2 is 2.24 bits per heavy atom. The fraction of sp³-hybridized carbons (Fsp3) is 0.474. The van der Waals surface area contributed by atoms with Crippen LogP contribution in [0.4, 0.5) is 0 Å². The van der Waals surface area contributed by atoms with Crippen molar-refractivity contribution in [3.8, 4) is 0 Å². The van der Waals surface area contributed by atoms with Crippen molar-refractivity contribution in [3.63, 3.8) is 0 Å². The van der Waals surface area contributed by atoms with E-state index in [0.717, 1.165) is 37.5 Å². The predicted molar refractivity (Wildman–Crippen MR) is 92.1 cm³/mol. The Kier molecular flexibility index (Phi) is 4.55. The second-order valence-corrected chi connectivity index (χ2v) is 6.94. The number of likely N-dealkylation sites (tertiary alicyclic amines) is 1. The minimum atomic E-state index is 0.0467. The van der Waals surface area contributed by atoms with Crippen molar-refractivity contribution in [3.05, 3.63) is 53.7 Å². The van der Waals surface area contributed by atoms with Crippen molar-refractivity contribution in [2.24, 2.45) is 5.92 Å². The van der Waals surface area contributed by atoms with Crippen LogP contribution in [0.3, 0.4) is 0 Å². The summed E-state index contributed by atoms with van der Waals surface area (Å²) in [5, 5.41) is 0. The molecule has 2 atom stereocenters. The molecule has 4 heterocycles. The molecule has 6 nitrogen and oxygen atoms in total. The number of ether oxygens (including phenoxy) is 1. The van der Waals surface area contributed by atoms with E-state index in [1.54, 1.807) is 18.7 Å². The van der Waals surface area contributed by atoms with Gasteiger partial charge in [0.2, 0.25) is 0 Å². The second kappa shape index (κ2) is 6.98. The molecule has 0 unspecified atom stereocenters. The van der Waals surface area contributed by atoms with Crippen LogP contribution in [-0.2, 0) is 11.3 Å². The number of carbonyl (C=O) groups is 1. The number of furan rings is 1. The molecule has 132 valence electrons. The van der Waals surface area contributed by atoms with Crippen molar-refractivity contribution in [2.45, 2.75) is 19.6 Å². The number of amides is 1. The van der Waals surface area contributed by atoms with Gasteiger partial charge in [0.1, 0.15) is 5.76 Å². The fourth-order valence-corrected chi connectivity index (χ4v) is 3.75. The van der Waals surface area contributed by atoms with Gasteiger partial charge >= 0.3 is 0 Å². The van der Waals surface area contributed by atoms with E-state index >= 15 is 0 Å². The van der Waals surface area contributed by atoms with Crippen LogP contribution in [0.15, 0.2) is 41.3 Å². The molecule has 2 aliphatic rings. The normalized spacial score (nSPS) is 24.1. The van der Waals surface area contributed by atoms with Gasteiger partial charge in [0.05, 0.1) is 31.1 Å². The number of aromatic nitrogens is 1. The van der Waals surface area contributed by atoms with Crippen LogP contribution >= 0.6 is 0 Å². The van der Waals surface area contributed by atoms with Crippen molar-refractivity contribution >= 4 is 5.91 Å². The maximum absolute atomic E-state index is 12.8. The molecule has 0 saturated carbocycles. The van der Waals surface area contributed by atoms with E-state index in [2.05, 4.69) is 9.88 Å². The van der Waals surface area contributed by atoms with Gasteiger partial charge in [0.15, 0.2) is 0 Å². The molecule has 6 heteroatoms. The predicted octanol–water partition coefficient (Wildman–Crippen LogP) is 1.96.